The van der Waals surface area contributed by atoms with Gasteiger partial charge in [0, 0.05) is 5.69 Å². The van der Waals surface area contributed by atoms with Crippen molar-refractivity contribution in [2.45, 2.75) is 18.7 Å². The van der Waals surface area contributed by atoms with Gasteiger partial charge in [-0.15, -0.1) is 9.19 Å². The number of aryl methyl sites for hydroxylation is 2. The summed E-state index contributed by atoms with van der Waals surface area (Å²) >= 11 is 0.744. The summed E-state index contributed by atoms with van der Waals surface area (Å²) in [5.41, 5.74) is 2.76. The van der Waals surface area contributed by atoms with Crippen molar-refractivity contribution in [3.63, 3.8) is 0 Å². The van der Waals surface area contributed by atoms with Gasteiger partial charge in [-0.1, -0.05) is 35.4 Å². The monoisotopic (exact) mass is 361 g/mol. The molecule has 2 aromatic carbocycles. The van der Waals surface area contributed by atoms with Crippen LogP contribution < -0.4 is 10.2 Å². The van der Waals surface area contributed by atoms with E-state index in [9.17, 15) is 13.2 Å². The lowest BCUT2D eigenvalue weighted by Crippen LogP contribution is -2.24. The van der Waals surface area contributed by atoms with Crippen LogP contribution in [0.25, 0.3) is 0 Å². The van der Waals surface area contributed by atoms with Crippen molar-refractivity contribution in [1.29, 1.82) is 0 Å². The second-order valence-electron chi connectivity index (χ2n) is 5.33. The molecule has 0 amide bonds. The maximum absolute atomic E-state index is 12.6. The highest BCUT2D eigenvalue weighted by molar-refractivity contribution is 7.90. The number of benzene rings is 2. The molecule has 3 rings (SSSR count). The molecule has 124 valence electrons. The normalized spacial score (nSPS) is 11.4. The molecule has 8 heteroatoms. The van der Waals surface area contributed by atoms with Crippen molar-refractivity contribution < 1.29 is 8.42 Å². The molecule has 24 heavy (non-hydrogen) atoms. The second-order valence-corrected chi connectivity index (χ2v) is 8.03. The maximum Gasteiger partial charge on any atom is 0.341 e. The lowest BCUT2D eigenvalue weighted by molar-refractivity contribution is 0.578. The van der Waals surface area contributed by atoms with Gasteiger partial charge in [-0.05, 0) is 49.4 Å². The maximum atomic E-state index is 12.6. The summed E-state index contributed by atoms with van der Waals surface area (Å²) in [6.07, 6.45) is 0. The Balaban J connectivity index is 1.95. The van der Waals surface area contributed by atoms with Gasteiger partial charge in [-0.2, -0.15) is 8.42 Å². The molecule has 0 saturated heterocycles. The Morgan fingerprint density at radius 3 is 2.08 bits per heavy atom. The molecule has 0 unspecified atom stereocenters. The van der Waals surface area contributed by atoms with Crippen LogP contribution in [-0.4, -0.2) is 17.6 Å². The molecule has 1 heterocycles. The minimum absolute atomic E-state index is 0.0300. The van der Waals surface area contributed by atoms with E-state index in [4.69, 9.17) is 0 Å². The van der Waals surface area contributed by atoms with Gasteiger partial charge >= 0.3 is 4.87 Å². The van der Waals surface area contributed by atoms with Crippen molar-refractivity contribution in [3.8, 4) is 0 Å². The first-order valence-electron chi connectivity index (χ1n) is 7.12. The third-order valence-electron chi connectivity index (χ3n) is 3.37. The van der Waals surface area contributed by atoms with Crippen LogP contribution >= 0.6 is 11.3 Å². The van der Waals surface area contributed by atoms with Crippen molar-refractivity contribution in [1.82, 2.24) is 9.19 Å². The first-order valence-corrected chi connectivity index (χ1v) is 9.38. The standard InChI is InChI=1S/C16H15N3O3S2/c1-11-3-7-13(8-4-11)17-15-18-19(16(20)23-15)24(21,22)14-9-5-12(2)6-10-14/h3-10H,1-2H3,(H,17,18). The zero-order valence-electron chi connectivity index (χ0n) is 13.1. The van der Waals surface area contributed by atoms with Gasteiger partial charge in [-0.25, -0.2) is 0 Å². The number of nitrogens with one attached hydrogen (secondary N) is 1. The number of hydrogen-bond acceptors (Lipinski definition) is 6. The van der Waals surface area contributed by atoms with E-state index in [-0.39, 0.29) is 10.0 Å². The van der Waals surface area contributed by atoms with Crippen LogP contribution in [0, 0.1) is 13.8 Å². The van der Waals surface area contributed by atoms with Crippen LogP contribution in [0.5, 0.6) is 0 Å². The predicted octanol–water partition coefficient (Wildman–Crippen LogP) is 2.90. The van der Waals surface area contributed by atoms with Gasteiger partial charge in [0.1, 0.15) is 0 Å². The van der Waals surface area contributed by atoms with Gasteiger partial charge in [0.25, 0.3) is 10.0 Å². The molecular formula is C16H15N3O3S2. The Hall–Kier alpha value is -2.45. The highest BCUT2D eigenvalue weighted by Gasteiger charge is 2.22. The van der Waals surface area contributed by atoms with Crippen molar-refractivity contribution >= 4 is 32.2 Å². The lowest BCUT2D eigenvalue weighted by atomic mass is 10.2. The van der Waals surface area contributed by atoms with Crippen LogP contribution in [0.1, 0.15) is 11.1 Å². The number of hydrogen-bond donors (Lipinski definition) is 1. The lowest BCUT2D eigenvalue weighted by Gasteiger charge is -2.04. The molecule has 0 aliphatic heterocycles. The second kappa shape index (κ2) is 6.21. The summed E-state index contributed by atoms with van der Waals surface area (Å²) in [4.78, 5) is 11.4. The zero-order valence-corrected chi connectivity index (χ0v) is 14.7. The number of aromatic nitrogens is 2. The molecule has 1 N–H and O–H groups in total. The van der Waals surface area contributed by atoms with Gasteiger partial charge in [0.15, 0.2) is 0 Å². The fourth-order valence-electron chi connectivity index (χ4n) is 2.04. The predicted molar refractivity (Wildman–Crippen MR) is 94.6 cm³/mol. The van der Waals surface area contributed by atoms with E-state index in [2.05, 4.69) is 10.4 Å². The molecule has 0 bridgehead atoms. The summed E-state index contributed by atoms with van der Waals surface area (Å²) in [6, 6.07) is 13.8. The minimum Gasteiger partial charge on any atom is -0.330 e. The van der Waals surface area contributed by atoms with E-state index in [1.807, 2.05) is 38.1 Å². The fraction of sp³-hybridized carbons (Fsp3) is 0.125. The van der Waals surface area contributed by atoms with Crippen LogP contribution in [0.3, 0.4) is 0 Å². The molecule has 0 radical (unpaired) electrons. The minimum atomic E-state index is -4.00. The van der Waals surface area contributed by atoms with Crippen LogP contribution in [0.2, 0.25) is 0 Å². The van der Waals surface area contributed by atoms with Gasteiger partial charge in [0.05, 0.1) is 4.90 Å². The smallest absolute Gasteiger partial charge is 0.330 e. The fourth-order valence-corrected chi connectivity index (χ4v) is 4.14. The molecule has 0 saturated carbocycles. The van der Waals surface area contributed by atoms with E-state index in [1.165, 1.54) is 12.1 Å². The van der Waals surface area contributed by atoms with Crippen LogP contribution in [-0.2, 0) is 10.0 Å². The van der Waals surface area contributed by atoms with Crippen LogP contribution in [0.4, 0.5) is 10.8 Å². The summed E-state index contributed by atoms with van der Waals surface area (Å²) in [5, 5.41) is 7.09. The van der Waals surface area contributed by atoms with Crippen LogP contribution in [0.15, 0.2) is 58.2 Å². The first-order chi connectivity index (χ1) is 11.4. The van der Waals surface area contributed by atoms with Crippen molar-refractivity contribution in [2.24, 2.45) is 0 Å². The third-order valence-corrected chi connectivity index (χ3v) is 5.78. The quantitative estimate of drug-likeness (QED) is 0.773. The van der Waals surface area contributed by atoms with E-state index < -0.39 is 14.9 Å². The molecule has 0 atom stereocenters. The molecule has 1 aromatic heterocycles. The van der Waals surface area contributed by atoms with E-state index in [0.717, 1.165) is 28.2 Å². The molecule has 0 aliphatic carbocycles. The average Bonchev–Trinajstić information content (AvgIpc) is 2.91. The third kappa shape index (κ3) is 3.24. The van der Waals surface area contributed by atoms with Gasteiger partial charge in [0.2, 0.25) is 5.13 Å². The topological polar surface area (TPSA) is 81.1 Å². The van der Waals surface area contributed by atoms with E-state index >= 15 is 0 Å². The number of nitrogens with zero attached hydrogens (tertiary/aromatic N) is 2. The summed E-state index contributed by atoms with van der Waals surface area (Å²) in [7, 11) is -4.00. The largest absolute Gasteiger partial charge is 0.341 e. The summed E-state index contributed by atoms with van der Waals surface area (Å²) in [6.45, 7) is 3.82. The van der Waals surface area contributed by atoms with Gasteiger partial charge in [-0.3, -0.25) is 4.79 Å². The van der Waals surface area contributed by atoms with E-state index in [1.54, 1.807) is 12.1 Å². The molecule has 6 nitrogen and oxygen atoms in total. The Kier molecular flexibility index (Phi) is 4.25. The first kappa shape index (κ1) is 16.4. The molecule has 0 aliphatic rings. The number of rotatable bonds is 4. The Bertz CT molecular complexity index is 1020. The summed E-state index contributed by atoms with van der Waals surface area (Å²) in [5.74, 6) is 0. The molecule has 3 aromatic rings. The van der Waals surface area contributed by atoms with Crippen molar-refractivity contribution in [2.75, 3.05) is 5.32 Å². The average molecular weight is 361 g/mol. The Morgan fingerprint density at radius 2 is 1.50 bits per heavy atom. The SMILES string of the molecule is Cc1ccc(Nc2nn(S(=O)(=O)c3ccc(C)cc3)c(=O)s2)cc1. The number of anilines is 2. The zero-order chi connectivity index (χ0) is 17.3. The highest BCUT2D eigenvalue weighted by Crippen LogP contribution is 2.19. The molecular weight excluding hydrogens is 346 g/mol. The van der Waals surface area contributed by atoms with E-state index in [0.29, 0.717) is 4.09 Å². The Morgan fingerprint density at radius 1 is 0.958 bits per heavy atom. The molecule has 0 spiro atoms. The Labute approximate surface area is 143 Å². The van der Waals surface area contributed by atoms with Gasteiger partial charge < -0.3 is 5.32 Å². The summed E-state index contributed by atoms with van der Waals surface area (Å²) < 4.78 is 25.6. The van der Waals surface area contributed by atoms with Crippen molar-refractivity contribution in [3.05, 3.63) is 69.3 Å². The highest BCUT2D eigenvalue weighted by atomic mass is 32.2. The molecule has 0 fully saturated rings.